The summed E-state index contributed by atoms with van der Waals surface area (Å²) in [6.07, 6.45) is 0. The van der Waals surface area contributed by atoms with Gasteiger partial charge in [-0.25, -0.2) is 9.97 Å². The standard InChI is InChI=1S/C22H25ClN6O2/c1-13-4-5-18(20(25-13)22(31)24-3)29-8-6-28(7-9-29)12-15-10-16(23)19-17(11-15)27-21(30)14(2)26-19/h4-5,10-11H,6-9,12H2,1-3H3,(H,24,31)(H,27,30). The van der Waals surface area contributed by atoms with Crippen molar-refractivity contribution >= 4 is 34.2 Å². The van der Waals surface area contributed by atoms with E-state index in [4.69, 9.17) is 11.6 Å². The number of fused-ring (bicyclic) bond motifs is 1. The zero-order valence-corrected chi connectivity index (χ0v) is 18.6. The minimum Gasteiger partial charge on any atom is -0.367 e. The lowest BCUT2D eigenvalue weighted by molar-refractivity contribution is 0.0958. The quantitative estimate of drug-likeness (QED) is 0.646. The first-order valence-electron chi connectivity index (χ1n) is 10.2. The number of rotatable bonds is 4. The van der Waals surface area contributed by atoms with Crippen LogP contribution in [-0.4, -0.2) is 59.0 Å². The van der Waals surface area contributed by atoms with Crippen molar-refractivity contribution < 1.29 is 4.79 Å². The highest BCUT2D eigenvalue weighted by Gasteiger charge is 2.23. The van der Waals surface area contributed by atoms with Crippen LogP contribution in [0.1, 0.15) is 27.4 Å². The molecule has 0 bridgehead atoms. The molecule has 3 aromatic rings. The lowest BCUT2D eigenvalue weighted by atomic mass is 10.1. The minimum atomic E-state index is -0.201. The van der Waals surface area contributed by atoms with E-state index in [0.29, 0.717) is 34.0 Å². The lowest BCUT2D eigenvalue weighted by Crippen LogP contribution is -2.46. The normalized spacial score (nSPS) is 14.8. The molecule has 0 spiro atoms. The average Bonchev–Trinajstić information content (AvgIpc) is 2.75. The topological polar surface area (TPSA) is 94.2 Å². The highest BCUT2D eigenvalue weighted by molar-refractivity contribution is 6.35. The molecular formula is C22H25ClN6O2. The van der Waals surface area contributed by atoms with Crippen molar-refractivity contribution in [2.24, 2.45) is 0 Å². The maximum absolute atomic E-state index is 12.3. The molecule has 0 aliphatic carbocycles. The van der Waals surface area contributed by atoms with E-state index in [1.807, 2.05) is 31.2 Å². The molecule has 0 atom stereocenters. The van der Waals surface area contributed by atoms with Crippen LogP contribution in [0.25, 0.3) is 11.0 Å². The largest absolute Gasteiger partial charge is 0.367 e. The van der Waals surface area contributed by atoms with E-state index >= 15 is 0 Å². The number of aromatic nitrogens is 3. The molecule has 3 heterocycles. The minimum absolute atomic E-state index is 0.176. The Labute approximate surface area is 185 Å². The number of carbonyl (C=O) groups is 1. The molecule has 4 rings (SSSR count). The van der Waals surface area contributed by atoms with E-state index in [1.165, 1.54) is 0 Å². The molecule has 1 saturated heterocycles. The SMILES string of the molecule is CNC(=O)c1nc(C)ccc1N1CCN(Cc2cc(Cl)c3nc(C)c(=O)[nH]c3c2)CC1. The number of nitrogens with zero attached hydrogens (tertiary/aromatic N) is 4. The molecule has 1 aliphatic rings. The molecule has 31 heavy (non-hydrogen) atoms. The Morgan fingerprint density at radius 2 is 1.90 bits per heavy atom. The zero-order valence-electron chi connectivity index (χ0n) is 17.8. The van der Waals surface area contributed by atoms with Crippen LogP contribution in [0.2, 0.25) is 5.02 Å². The van der Waals surface area contributed by atoms with Crippen LogP contribution in [0.3, 0.4) is 0 Å². The number of aryl methyl sites for hydroxylation is 2. The Morgan fingerprint density at radius 1 is 1.16 bits per heavy atom. The second kappa shape index (κ2) is 8.64. The molecule has 8 nitrogen and oxygen atoms in total. The molecular weight excluding hydrogens is 416 g/mol. The maximum Gasteiger partial charge on any atom is 0.271 e. The Bertz CT molecular complexity index is 1200. The smallest absolute Gasteiger partial charge is 0.271 e. The molecule has 0 saturated carbocycles. The van der Waals surface area contributed by atoms with Gasteiger partial charge in [0, 0.05) is 45.5 Å². The van der Waals surface area contributed by atoms with Crippen molar-refractivity contribution in [1.82, 2.24) is 25.2 Å². The van der Waals surface area contributed by atoms with E-state index < -0.39 is 0 Å². The third-order valence-electron chi connectivity index (χ3n) is 5.55. The van der Waals surface area contributed by atoms with E-state index in [9.17, 15) is 9.59 Å². The van der Waals surface area contributed by atoms with Gasteiger partial charge < -0.3 is 15.2 Å². The first kappa shape index (κ1) is 21.3. The highest BCUT2D eigenvalue weighted by Crippen LogP contribution is 2.25. The van der Waals surface area contributed by atoms with E-state index in [2.05, 4.69) is 30.1 Å². The van der Waals surface area contributed by atoms with Gasteiger partial charge in [-0.15, -0.1) is 0 Å². The summed E-state index contributed by atoms with van der Waals surface area (Å²) in [5.74, 6) is -0.176. The van der Waals surface area contributed by atoms with E-state index in [1.54, 1.807) is 14.0 Å². The molecule has 162 valence electrons. The van der Waals surface area contributed by atoms with Crippen LogP contribution in [-0.2, 0) is 6.54 Å². The Hall–Kier alpha value is -2.97. The summed E-state index contributed by atoms with van der Waals surface area (Å²) in [6, 6.07) is 7.75. The van der Waals surface area contributed by atoms with Crippen molar-refractivity contribution in [2.75, 3.05) is 38.1 Å². The molecule has 1 aromatic carbocycles. The highest BCUT2D eigenvalue weighted by atomic mass is 35.5. The number of hydrogen-bond donors (Lipinski definition) is 2. The maximum atomic E-state index is 12.3. The second-order valence-corrected chi connectivity index (χ2v) is 8.20. The Kier molecular flexibility index (Phi) is 5.93. The molecule has 1 amide bonds. The number of halogens is 1. The van der Waals surface area contributed by atoms with Gasteiger partial charge in [0.1, 0.15) is 11.2 Å². The van der Waals surface area contributed by atoms with Gasteiger partial charge in [0.25, 0.3) is 11.5 Å². The van der Waals surface area contributed by atoms with Crippen molar-refractivity contribution in [1.29, 1.82) is 0 Å². The molecule has 2 aromatic heterocycles. The number of benzene rings is 1. The van der Waals surface area contributed by atoms with Crippen LogP contribution in [0.15, 0.2) is 29.1 Å². The van der Waals surface area contributed by atoms with Gasteiger partial charge in [0.15, 0.2) is 5.69 Å². The van der Waals surface area contributed by atoms with Gasteiger partial charge in [-0.3, -0.25) is 14.5 Å². The summed E-state index contributed by atoms with van der Waals surface area (Å²) >= 11 is 6.42. The van der Waals surface area contributed by atoms with Crippen LogP contribution in [0.4, 0.5) is 5.69 Å². The molecule has 1 fully saturated rings. The number of aromatic amines is 1. The fraction of sp³-hybridized carbons (Fsp3) is 0.364. The first-order chi connectivity index (χ1) is 14.9. The summed E-state index contributed by atoms with van der Waals surface area (Å²) in [6.45, 7) is 7.50. The van der Waals surface area contributed by atoms with Crippen molar-refractivity contribution in [3.63, 3.8) is 0 Å². The number of amides is 1. The number of carbonyl (C=O) groups excluding carboxylic acids is 1. The Morgan fingerprint density at radius 3 is 2.61 bits per heavy atom. The van der Waals surface area contributed by atoms with Gasteiger partial charge in [-0.1, -0.05) is 11.6 Å². The van der Waals surface area contributed by atoms with Crippen molar-refractivity contribution in [3.8, 4) is 0 Å². The zero-order chi connectivity index (χ0) is 22.1. The summed E-state index contributed by atoms with van der Waals surface area (Å²) in [5, 5.41) is 3.21. The number of anilines is 1. The predicted molar refractivity (Wildman–Crippen MR) is 122 cm³/mol. The van der Waals surface area contributed by atoms with Gasteiger partial charge in [0.05, 0.1) is 16.2 Å². The van der Waals surface area contributed by atoms with Crippen LogP contribution in [0, 0.1) is 13.8 Å². The average molecular weight is 441 g/mol. The Balaban J connectivity index is 1.48. The summed E-state index contributed by atoms with van der Waals surface area (Å²) in [4.78, 5) is 40.3. The summed E-state index contributed by atoms with van der Waals surface area (Å²) < 4.78 is 0. The van der Waals surface area contributed by atoms with Crippen LogP contribution in [0.5, 0.6) is 0 Å². The fourth-order valence-electron chi connectivity index (χ4n) is 3.88. The number of H-pyrrole nitrogens is 1. The lowest BCUT2D eigenvalue weighted by Gasteiger charge is -2.36. The third-order valence-corrected chi connectivity index (χ3v) is 5.84. The molecule has 0 unspecified atom stereocenters. The fourth-order valence-corrected chi connectivity index (χ4v) is 4.17. The molecule has 2 N–H and O–H groups in total. The van der Waals surface area contributed by atoms with Crippen molar-refractivity contribution in [2.45, 2.75) is 20.4 Å². The second-order valence-electron chi connectivity index (χ2n) is 7.79. The van der Waals surface area contributed by atoms with Crippen molar-refractivity contribution in [3.05, 3.63) is 62.3 Å². The number of nitrogens with one attached hydrogen (secondary N) is 2. The van der Waals surface area contributed by atoms with E-state index in [-0.39, 0.29) is 11.5 Å². The summed E-state index contributed by atoms with van der Waals surface area (Å²) in [5.41, 5.74) is 4.63. The van der Waals surface area contributed by atoms with Gasteiger partial charge in [0.2, 0.25) is 0 Å². The van der Waals surface area contributed by atoms with Crippen LogP contribution < -0.4 is 15.8 Å². The number of piperazine rings is 1. The first-order valence-corrected chi connectivity index (χ1v) is 10.6. The van der Waals surface area contributed by atoms with Crippen LogP contribution >= 0.6 is 11.6 Å². The number of hydrogen-bond acceptors (Lipinski definition) is 6. The molecule has 0 radical (unpaired) electrons. The predicted octanol–water partition coefficient (Wildman–Crippen LogP) is 2.27. The molecule has 1 aliphatic heterocycles. The van der Waals surface area contributed by atoms with E-state index in [0.717, 1.165) is 43.1 Å². The monoisotopic (exact) mass is 440 g/mol. The third kappa shape index (κ3) is 4.40. The van der Waals surface area contributed by atoms with Gasteiger partial charge in [-0.2, -0.15) is 0 Å². The van der Waals surface area contributed by atoms with Gasteiger partial charge >= 0.3 is 0 Å². The molecule has 9 heteroatoms. The number of pyridine rings is 1. The summed E-state index contributed by atoms with van der Waals surface area (Å²) in [7, 11) is 1.62. The van der Waals surface area contributed by atoms with Gasteiger partial charge in [-0.05, 0) is 43.7 Å².